The Morgan fingerprint density at radius 3 is 1.96 bits per heavy atom. The van der Waals surface area contributed by atoms with Crippen molar-refractivity contribution in [3.8, 4) is 33.9 Å². The molecule has 6 heteroatoms. The highest BCUT2D eigenvalue weighted by atomic mass is 16.5. The largest absolute Gasteiger partial charge is 0.497 e. The predicted octanol–water partition coefficient (Wildman–Crippen LogP) is 3.96. The van der Waals surface area contributed by atoms with Gasteiger partial charge in [0.05, 0.1) is 25.3 Å². The minimum atomic E-state index is 0.402. The molecule has 0 aliphatic heterocycles. The van der Waals surface area contributed by atoms with Crippen molar-refractivity contribution in [2.75, 3.05) is 20.0 Å². The van der Waals surface area contributed by atoms with Crippen LogP contribution in [0.4, 0.5) is 5.82 Å². The Balaban J connectivity index is 1.94. The maximum atomic E-state index is 6.14. The van der Waals surface area contributed by atoms with Crippen LogP contribution in [-0.4, -0.2) is 29.2 Å². The molecule has 0 bridgehead atoms. The fourth-order valence-electron chi connectivity index (χ4n) is 3.00. The number of hydrogen-bond acceptors (Lipinski definition) is 6. The predicted molar refractivity (Wildman–Crippen MR) is 106 cm³/mol. The number of pyridine rings is 1. The number of nitrogens with zero attached hydrogens (tertiary/aromatic N) is 3. The van der Waals surface area contributed by atoms with Gasteiger partial charge >= 0.3 is 0 Å². The Kier molecular flexibility index (Phi) is 4.30. The number of ether oxygens (including phenoxy) is 2. The van der Waals surface area contributed by atoms with Gasteiger partial charge in [0.15, 0.2) is 5.65 Å². The van der Waals surface area contributed by atoms with Crippen molar-refractivity contribution in [3.05, 3.63) is 60.9 Å². The molecule has 0 aliphatic carbocycles. The second-order valence-electron chi connectivity index (χ2n) is 5.97. The number of hydrogen-bond donors (Lipinski definition) is 1. The number of rotatable bonds is 4. The highest BCUT2D eigenvalue weighted by Gasteiger charge is 2.14. The summed E-state index contributed by atoms with van der Waals surface area (Å²) in [6.45, 7) is 0. The van der Waals surface area contributed by atoms with E-state index in [0.29, 0.717) is 11.5 Å². The monoisotopic (exact) mass is 358 g/mol. The summed E-state index contributed by atoms with van der Waals surface area (Å²) in [5.41, 5.74) is 10.4. The number of benzene rings is 2. The van der Waals surface area contributed by atoms with Crippen molar-refractivity contribution in [2.24, 2.45) is 0 Å². The zero-order chi connectivity index (χ0) is 18.8. The zero-order valence-corrected chi connectivity index (χ0v) is 15.0. The molecule has 0 fully saturated rings. The second-order valence-corrected chi connectivity index (χ2v) is 5.97. The highest BCUT2D eigenvalue weighted by Crippen LogP contribution is 2.34. The molecule has 27 heavy (non-hydrogen) atoms. The molecule has 0 saturated carbocycles. The number of nitrogens with two attached hydrogens (primary N) is 1. The normalized spacial score (nSPS) is 10.7. The van der Waals surface area contributed by atoms with Gasteiger partial charge in [-0.25, -0.2) is 15.0 Å². The van der Waals surface area contributed by atoms with Gasteiger partial charge in [-0.2, -0.15) is 0 Å². The maximum Gasteiger partial charge on any atom is 0.165 e. The first kappa shape index (κ1) is 16.8. The van der Waals surface area contributed by atoms with Crippen molar-refractivity contribution < 1.29 is 9.47 Å². The summed E-state index contributed by atoms with van der Waals surface area (Å²) >= 11 is 0. The Morgan fingerprint density at radius 2 is 1.37 bits per heavy atom. The first-order chi connectivity index (χ1) is 13.2. The zero-order valence-electron chi connectivity index (χ0n) is 15.0. The van der Waals surface area contributed by atoms with Crippen LogP contribution in [0.1, 0.15) is 0 Å². The van der Waals surface area contributed by atoms with E-state index in [9.17, 15) is 0 Å². The summed E-state index contributed by atoms with van der Waals surface area (Å²) in [5, 5.41) is 0.736. The first-order valence-corrected chi connectivity index (χ1v) is 8.39. The van der Waals surface area contributed by atoms with E-state index in [-0.39, 0.29) is 0 Å². The first-order valence-electron chi connectivity index (χ1n) is 8.39. The lowest BCUT2D eigenvalue weighted by atomic mass is 9.99. The summed E-state index contributed by atoms with van der Waals surface area (Å²) < 4.78 is 10.5. The average Bonchev–Trinajstić information content (AvgIpc) is 2.73. The van der Waals surface area contributed by atoms with Gasteiger partial charge in [0.25, 0.3) is 0 Å². The van der Waals surface area contributed by atoms with Crippen molar-refractivity contribution in [1.29, 1.82) is 0 Å². The molecule has 2 aromatic heterocycles. The molecule has 0 unspecified atom stereocenters. The summed E-state index contributed by atoms with van der Waals surface area (Å²) in [5.74, 6) is 1.98. The molecule has 134 valence electrons. The molecular formula is C21H18N4O2. The molecule has 0 saturated heterocycles. The Morgan fingerprint density at radius 1 is 0.778 bits per heavy atom. The second kappa shape index (κ2) is 6.92. The van der Waals surface area contributed by atoms with Crippen LogP contribution in [0.3, 0.4) is 0 Å². The minimum absolute atomic E-state index is 0.402. The lowest BCUT2D eigenvalue weighted by Gasteiger charge is -2.12. The lowest BCUT2D eigenvalue weighted by Crippen LogP contribution is -1.98. The van der Waals surface area contributed by atoms with Gasteiger partial charge in [0.1, 0.15) is 23.6 Å². The summed E-state index contributed by atoms with van der Waals surface area (Å²) in [7, 11) is 3.29. The van der Waals surface area contributed by atoms with Gasteiger partial charge in [-0.3, -0.25) is 0 Å². The number of nitrogen functional groups attached to an aromatic ring is 1. The van der Waals surface area contributed by atoms with Crippen LogP contribution in [0.25, 0.3) is 33.4 Å². The molecular weight excluding hydrogens is 340 g/mol. The topological polar surface area (TPSA) is 83.2 Å². The SMILES string of the molecule is COc1ccc(-c2cc(-c3ccc(OC)cc3)c3c(N)ncnc3n2)cc1. The van der Waals surface area contributed by atoms with Crippen LogP contribution in [0.2, 0.25) is 0 Å². The number of anilines is 1. The Labute approximate surface area is 156 Å². The van der Waals surface area contributed by atoms with Gasteiger partial charge < -0.3 is 15.2 Å². The van der Waals surface area contributed by atoms with E-state index in [0.717, 1.165) is 39.3 Å². The standard InChI is InChI=1S/C21H18N4O2/c1-26-15-7-3-13(4-8-15)17-11-18(14-5-9-16(27-2)10-6-14)25-21-19(17)20(22)23-12-24-21/h3-12H,1-2H3,(H2,22,23,24,25). The quantitative estimate of drug-likeness (QED) is 0.594. The molecule has 4 rings (SSSR count). The van der Waals surface area contributed by atoms with E-state index in [1.807, 2.05) is 54.6 Å². The van der Waals surface area contributed by atoms with Gasteiger partial charge in [0.2, 0.25) is 0 Å². The summed E-state index contributed by atoms with van der Waals surface area (Å²) in [6, 6.07) is 17.5. The average molecular weight is 358 g/mol. The van der Waals surface area contributed by atoms with Crippen molar-refractivity contribution in [2.45, 2.75) is 0 Å². The van der Waals surface area contributed by atoms with Crippen LogP contribution >= 0.6 is 0 Å². The lowest BCUT2D eigenvalue weighted by molar-refractivity contribution is 0.415. The molecule has 6 nitrogen and oxygen atoms in total. The Hall–Kier alpha value is -3.67. The molecule has 0 radical (unpaired) electrons. The van der Waals surface area contributed by atoms with Crippen molar-refractivity contribution >= 4 is 16.9 Å². The number of fused-ring (bicyclic) bond motifs is 1. The molecule has 2 aromatic carbocycles. The van der Waals surface area contributed by atoms with Crippen LogP contribution < -0.4 is 15.2 Å². The van der Waals surface area contributed by atoms with E-state index in [1.54, 1.807) is 14.2 Å². The van der Waals surface area contributed by atoms with E-state index in [4.69, 9.17) is 15.2 Å². The van der Waals surface area contributed by atoms with E-state index in [1.165, 1.54) is 6.33 Å². The molecule has 0 atom stereocenters. The number of aromatic nitrogens is 3. The molecule has 0 aliphatic rings. The van der Waals surface area contributed by atoms with E-state index < -0.39 is 0 Å². The van der Waals surface area contributed by atoms with Crippen molar-refractivity contribution in [1.82, 2.24) is 15.0 Å². The van der Waals surface area contributed by atoms with Gasteiger partial charge in [-0.05, 0) is 53.6 Å². The molecule has 4 aromatic rings. The van der Waals surface area contributed by atoms with E-state index >= 15 is 0 Å². The number of methoxy groups -OCH3 is 2. The van der Waals surface area contributed by atoms with Crippen molar-refractivity contribution in [3.63, 3.8) is 0 Å². The molecule has 2 heterocycles. The molecule has 0 spiro atoms. The highest BCUT2D eigenvalue weighted by molar-refractivity contribution is 6.00. The minimum Gasteiger partial charge on any atom is -0.497 e. The Bertz CT molecular complexity index is 1090. The van der Waals surface area contributed by atoms with Gasteiger partial charge in [-0.15, -0.1) is 0 Å². The fraction of sp³-hybridized carbons (Fsp3) is 0.0952. The maximum absolute atomic E-state index is 6.14. The van der Waals surface area contributed by atoms with Crippen LogP contribution in [0.15, 0.2) is 60.9 Å². The van der Waals surface area contributed by atoms with Gasteiger partial charge in [0, 0.05) is 5.56 Å². The smallest absolute Gasteiger partial charge is 0.165 e. The van der Waals surface area contributed by atoms with Crippen LogP contribution in [-0.2, 0) is 0 Å². The third-order valence-electron chi connectivity index (χ3n) is 4.42. The fourth-order valence-corrected chi connectivity index (χ4v) is 3.00. The third-order valence-corrected chi connectivity index (χ3v) is 4.42. The van der Waals surface area contributed by atoms with Crippen LogP contribution in [0, 0.1) is 0 Å². The van der Waals surface area contributed by atoms with E-state index in [2.05, 4.69) is 15.0 Å². The summed E-state index contributed by atoms with van der Waals surface area (Å²) in [4.78, 5) is 13.2. The molecule has 2 N–H and O–H groups in total. The van der Waals surface area contributed by atoms with Gasteiger partial charge in [-0.1, -0.05) is 12.1 Å². The summed E-state index contributed by atoms with van der Waals surface area (Å²) in [6.07, 6.45) is 1.43. The third kappa shape index (κ3) is 3.13. The van der Waals surface area contributed by atoms with Crippen LogP contribution in [0.5, 0.6) is 11.5 Å². The molecule has 0 amide bonds.